The largest absolute Gasteiger partial charge is 0.474 e. The molecule has 1 amide bonds. The van der Waals surface area contributed by atoms with Gasteiger partial charge >= 0.3 is 6.09 Å². The maximum Gasteiger partial charge on any atom is 0.410 e. The van der Waals surface area contributed by atoms with Crippen LogP contribution in [0.15, 0.2) is 12.1 Å². The Labute approximate surface area is 155 Å². The van der Waals surface area contributed by atoms with Gasteiger partial charge in [0.2, 0.25) is 5.88 Å². The number of fused-ring (bicyclic) bond motifs is 2. The average Bonchev–Trinajstić information content (AvgIpc) is 2.77. The van der Waals surface area contributed by atoms with Crippen LogP contribution in [0.3, 0.4) is 0 Å². The van der Waals surface area contributed by atoms with Crippen molar-refractivity contribution in [1.82, 2.24) is 9.88 Å². The second kappa shape index (κ2) is 7.43. The van der Waals surface area contributed by atoms with Gasteiger partial charge in [0, 0.05) is 43.8 Å². The molecule has 0 aliphatic carbocycles. The van der Waals surface area contributed by atoms with E-state index in [2.05, 4.69) is 4.98 Å². The van der Waals surface area contributed by atoms with Crippen LogP contribution in [0, 0.1) is 6.92 Å². The minimum atomic E-state index is -0.465. The lowest BCUT2D eigenvalue weighted by molar-refractivity contribution is -0.00762. The molecule has 3 atom stereocenters. The number of rotatable bonds is 4. The van der Waals surface area contributed by atoms with Gasteiger partial charge in [0.05, 0.1) is 6.61 Å². The van der Waals surface area contributed by atoms with Crippen molar-refractivity contribution in [3.8, 4) is 5.88 Å². The fourth-order valence-electron chi connectivity index (χ4n) is 4.02. The summed E-state index contributed by atoms with van der Waals surface area (Å²) < 4.78 is 17.0. The van der Waals surface area contributed by atoms with Crippen LogP contribution in [0.1, 0.15) is 57.7 Å². The second-order valence-electron chi connectivity index (χ2n) is 8.37. The molecule has 2 aliphatic rings. The number of nitrogens with zero attached hydrogens (tertiary/aromatic N) is 2. The summed E-state index contributed by atoms with van der Waals surface area (Å²) in [5.41, 5.74) is 1.51. The molecule has 0 aromatic carbocycles. The van der Waals surface area contributed by atoms with Crippen molar-refractivity contribution in [2.75, 3.05) is 7.11 Å². The second-order valence-corrected chi connectivity index (χ2v) is 8.37. The van der Waals surface area contributed by atoms with Crippen LogP contribution in [0.4, 0.5) is 4.79 Å². The summed E-state index contributed by atoms with van der Waals surface area (Å²) >= 11 is 0. The molecule has 2 fully saturated rings. The average molecular weight is 362 g/mol. The third kappa shape index (κ3) is 4.47. The Bertz CT molecular complexity index is 642. The van der Waals surface area contributed by atoms with E-state index in [0.717, 1.165) is 36.9 Å². The van der Waals surface area contributed by atoms with Gasteiger partial charge < -0.3 is 19.1 Å². The predicted octanol–water partition coefficient (Wildman–Crippen LogP) is 3.85. The van der Waals surface area contributed by atoms with E-state index in [1.165, 1.54) is 0 Å². The van der Waals surface area contributed by atoms with Gasteiger partial charge in [-0.25, -0.2) is 9.78 Å². The molecule has 0 spiro atoms. The van der Waals surface area contributed by atoms with Crippen molar-refractivity contribution in [1.29, 1.82) is 0 Å². The smallest absolute Gasteiger partial charge is 0.410 e. The van der Waals surface area contributed by atoms with Crippen LogP contribution in [-0.4, -0.2) is 46.9 Å². The molecule has 3 heterocycles. The molecular weight excluding hydrogens is 332 g/mol. The number of hydrogen-bond donors (Lipinski definition) is 0. The summed E-state index contributed by atoms with van der Waals surface area (Å²) in [7, 11) is 1.68. The summed E-state index contributed by atoms with van der Waals surface area (Å²) in [6.07, 6.45) is 3.56. The molecular formula is C20H30N2O4. The lowest BCUT2D eigenvalue weighted by Crippen LogP contribution is -2.50. The fourth-order valence-corrected chi connectivity index (χ4v) is 4.02. The van der Waals surface area contributed by atoms with Crippen LogP contribution in [0.5, 0.6) is 5.88 Å². The van der Waals surface area contributed by atoms with Crippen molar-refractivity contribution in [3.05, 3.63) is 23.4 Å². The number of piperidine rings is 1. The number of methoxy groups -OCH3 is 1. The summed E-state index contributed by atoms with van der Waals surface area (Å²) in [6, 6.07) is 4.33. The van der Waals surface area contributed by atoms with E-state index in [1.807, 2.05) is 44.7 Å². The first kappa shape index (κ1) is 19.0. The standard InChI is InChI=1S/C20H30N2O4/c1-13-8-14(12-24-5)9-18(21-13)25-17-10-15-6-7-16(11-17)22(15)19(23)26-20(2,3)4/h8-9,15-17H,6-7,10-12H2,1-5H3/t15-,16+,17+. The number of carbonyl (C=O) groups is 1. The molecule has 6 nitrogen and oxygen atoms in total. The monoisotopic (exact) mass is 362 g/mol. The minimum absolute atomic E-state index is 0.0795. The first-order valence-electron chi connectivity index (χ1n) is 9.39. The van der Waals surface area contributed by atoms with Gasteiger partial charge in [-0.2, -0.15) is 0 Å². The van der Waals surface area contributed by atoms with Gasteiger partial charge in [-0.3, -0.25) is 0 Å². The predicted molar refractivity (Wildman–Crippen MR) is 98.2 cm³/mol. The maximum atomic E-state index is 12.5. The number of ether oxygens (including phenoxy) is 3. The Hall–Kier alpha value is -1.82. The Morgan fingerprint density at radius 2 is 1.88 bits per heavy atom. The number of hydrogen-bond acceptors (Lipinski definition) is 5. The molecule has 0 radical (unpaired) electrons. The summed E-state index contributed by atoms with van der Waals surface area (Å²) in [4.78, 5) is 19.0. The van der Waals surface area contributed by atoms with Gasteiger partial charge in [0.1, 0.15) is 11.7 Å². The zero-order valence-electron chi connectivity index (χ0n) is 16.4. The summed E-state index contributed by atoms with van der Waals surface area (Å²) in [6.45, 7) is 8.22. The van der Waals surface area contributed by atoms with Gasteiger partial charge in [-0.15, -0.1) is 0 Å². The Morgan fingerprint density at radius 3 is 2.46 bits per heavy atom. The Kier molecular flexibility index (Phi) is 5.42. The molecule has 1 aromatic heterocycles. The van der Waals surface area contributed by atoms with Crippen LogP contribution >= 0.6 is 0 Å². The number of carbonyl (C=O) groups excluding carboxylic acids is 1. The minimum Gasteiger partial charge on any atom is -0.474 e. The molecule has 3 rings (SSSR count). The summed E-state index contributed by atoms with van der Waals surface area (Å²) in [5.74, 6) is 0.646. The van der Waals surface area contributed by atoms with Crippen LogP contribution < -0.4 is 4.74 Å². The molecule has 0 saturated carbocycles. The highest BCUT2D eigenvalue weighted by atomic mass is 16.6. The molecule has 6 heteroatoms. The quantitative estimate of drug-likeness (QED) is 0.814. The van der Waals surface area contributed by atoms with E-state index in [-0.39, 0.29) is 24.3 Å². The van der Waals surface area contributed by atoms with Crippen LogP contribution in [0.25, 0.3) is 0 Å². The SMILES string of the molecule is COCc1cc(C)nc(O[C@H]2C[C@H]3CC[C@@H](C2)N3C(=O)OC(C)(C)C)c1. The highest BCUT2D eigenvalue weighted by Crippen LogP contribution is 2.38. The number of amides is 1. The molecule has 26 heavy (non-hydrogen) atoms. The van der Waals surface area contributed by atoms with Crippen LogP contribution in [0.2, 0.25) is 0 Å². The van der Waals surface area contributed by atoms with E-state index in [9.17, 15) is 4.79 Å². The summed E-state index contributed by atoms with van der Waals surface area (Å²) in [5, 5.41) is 0. The van der Waals surface area contributed by atoms with E-state index < -0.39 is 5.60 Å². The van der Waals surface area contributed by atoms with Crippen molar-refractivity contribution in [3.63, 3.8) is 0 Å². The third-order valence-electron chi connectivity index (χ3n) is 4.88. The van der Waals surface area contributed by atoms with Gasteiger partial charge in [0.15, 0.2) is 0 Å². The Balaban J connectivity index is 1.65. The van der Waals surface area contributed by atoms with Crippen molar-refractivity contribution >= 4 is 6.09 Å². The van der Waals surface area contributed by atoms with Gasteiger partial charge in [-0.1, -0.05) is 0 Å². The maximum absolute atomic E-state index is 12.5. The highest BCUT2D eigenvalue weighted by molar-refractivity contribution is 5.69. The van der Waals surface area contributed by atoms with Crippen molar-refractivity contribution in [2.45, 2.75) is 83.8 Å². The van der Waals surface area contributed by atoms with Crippen LogP contribution in [-0.2, 0) is 16.1 Å². The van der Waals surface area contributed by atoms with Crippen molar-refractivity contribution in [2.24, 2.45) is 0 Å². The Morgan fingerprint density at radius 1 is 1.23 bits per heavy atom. The van der Waals surface area contributed by atoms with E-state index in [1.54, 1.807) is 7.11 Å². The topological polar surface area (TPSA) is 60.9 Å². The lowest BCUT2D eigenvalue weighted by atomic mass is 10.00. The van der Waals surface area contributed by atoms with E-state index in [0.29, 0.717) is 12.5 Å². The number of pyridine rings is 1. The zero-order valence-corrected chi connectivity index (χ0v) is 16.4. The van der Waals surface area contributed by atoms with Gasteiger partial charge in [-0.05, 0) is 52.2 Å². The normalized spacial score (nSPS) is 25.3. The molecule has 144 valence electrons. The van der Waals surface area contributed by atoms with Crippen molar-refractivity contribution < 1.29 is 19.0 Å². The first-order valence-corrected chi connectivity index (χ1v) is 9.39. The fraction of sp³-hybridized carbons (Fsp3) is 0.700. The van der Waals surface area contributed by atoms with E-state index >= 15 is 0 Å². The molecule has 0 unspecified atom stereocenters. The lowest BCUT2D eigenvalue weighted by Gasteiger charge is -2.39. The number of aromatic nitrogens is 1. The molecule has 0 N–H and O–H groups in total. The zero-order chi connectivity index (χ0) is 18.9. The highest BCUT2D eigenvalue weighted by Gasteiger charge is 2.45. The number of aryl methyl sites for hydroxylation is 1. The molecule has 2 saturated heterocycles. The van der Waals surface area contributed by atoms with Gasteiger partial charge in [0.25, 0.3) is 0 Å². The molecule has 2 aliphatic heterocycles. The molecule has 2 bridgehead atoms. The van der Waals surface area contributed by atoms with E-state index in [4.69, 9.17) is 14.2 Å². The molecule has 1 aromatic rings. The third-order valence-corrected chi connectivity index (χ3v) is 4.88. The first-order chi connectivity index (χ1) is 12.2.